The zero-order valence-electron chi connectivity index (χ0n) is 64.8. The van der Waals surface area contributed by atoms with Crippen LogP contribution >= 0.6 is 0 Å². The van der Waals surface area contributed by atoms with Gasteiger partial charge in [0.05, 0.1) is 22.1 Å². The van der Waals surface area contributed by atoms with Crippen molar-refractivity contribution >= 4 is 77.7 Å². The molecule has 0 aliphatic heterocycles. The largest absolute Gasteiger partial charge is 0.310 e. The molecule has 19 aromatic carbocycles. The molecule has 0 aliphatic carbocycles. The lowest BCUT2D eigenvalue weighted by molar-refractivity contribution is 1.18. The highest BCUT2D eigenvalue weighted by Gasteiger charge is 2.22. The lowest BCUT2D eigenvalue weighted by Gasteiger charge is -2.29. The van der Waals surface area contributed by atoms with E-state index < -0.39 is 0 Å². The average molecular weight is 1500 g/mol. The zero-order valence-corrected chi connectivity index (χ0v) is 64.8. The number of anilines is 6. The van der Waals surface area contributed by atoms with Crippen molar-refractivity contribution in [3.05, 3.63) is 473 Å². The number of aromatic nitrogens is 2. The van der Waals surface area contributed by atoms with Gasteiger partial charge in [0, 0.05) is 67.0 Å². The molecule has 0 atom stereocenters. The molecule has 21 aromatic rings. The first-order valence-corrected chi connectivity index (χ1v) is 40.5. The quantitative estimate of drug-likeness (QED) is 0.0851. The molecule has 0 amide bonds. The zero-order chi connectivity index (χ0) is 78.2. The van der Waals surface area contributed by atoms with Crippen molar-refractivity contribution in [1.29, 1.82) is 0 Å². The number of hydrogen-bond donors (Lipinski definition) is 0. The van der Waals surface area contributed by atoms with E-state index in [1.54, 1.807) is 0 Å². The summed E-state index contributed by atoms with van der Waals surface area (Å²) in [6.45, 7) is 0. The average Bonchev–Trinajstić information content (AvgIpc) is 1.59. The van der Waals surface area contributed by atoms with Crippen LogP contribution in [-0.2, 0) is 0 Å². The number of nitrogens with zero attached hydrogens (tertiary/aromatic N) is 4. The van der Waals surface area contributed by atoms with Gasteiger partial charge in [0.25, 0.3) is 0 Å². The molecule has 118 heavy (non-hydrogen) atoms. The van der Waals surface area contributed by atoms with Crippen LogP contribution in [0.25, 0.3) is 166 Å². The molecule has 0 fully saturated rings. The Labute approximate surface area is 687 Å². The predicted molar refractivity (Wildman–Crippen MR) is 499 cm³/mol. The van der Waals surface area contributed by atoms with Crippen LogP contribution in [0.2, 0.25) is 0 Å². The Bertz CT molecular complexity index is 6440. The maximum absolute atomic E-state index is 2.43. The van der Waals surface area contributed by atoms with Crippen molar-refractivity contribution in [2.45, 2.75) is 0 Å². The van der Waals surface area contributed by atoms with E-state index in [0.29, 0.717) is 0 Å². The SMILES string of the molecule is c1ccc(-c2ccc(-c3ccc4c(c3)c3cc(-c5ccc(-c6ccccc6)cc5)ccc3n4-c3ccc(-c4ccc(N(c5ccccc5)c5cccc(N(c6ccccc6)c6ccc(-c7ccc(-n8c9ccc(-c%10ccc(-c%11ccccc%11)cc%10)cc9c9cc(-c%10ccc(-c%11ccccc%11)cc%10)ccc98)cc7)cc6)c5)cc4)cc3)cc2)cc1. The molecule has 0 saturated heterocycles. The summed E-state index contributed by atoms with van der Waals surface area (Å²) in [5.74, 6) is 0. The fourth-order valence-electron chi connectivity index (χ4n) is 17.3. The van der Waals surface area contributed by atoms with Gasteiger partial charge >= 0.3 is 0 Å². The van der Waals surface area contributed by atoms with Crippen LogP contribution in [0.4, 0.5) is 34.1 Å². The maximum atomic E-state index is 2.43. The van der Waals surface area contributed by atoms with Crippen LogP contribution in [0.1, 0.15) is 0 Å². The first-order valence-electron chi connectivity index (χ1n) is 40.5. The fourth-order valence-corrected chi connectivity index (χ4v) is 17.3. The molecule has 0 N–H and O–H groups in total. The summed E-state index contributed by atoms with van der Waals surface area (Å²) < 4.78 is 4.86. The molecule has 2 aromatic heterocycles. The van der Waals surface area contributed by atoms with E-state index in [-0.39, 0.29) is 0 Å². The summed E-state index contributed by atoms with van der Waals surface area (Å²) in [6.07, 6.45) is 0. The standard InChI is InChI=1S/C114H78N4/c1-7-20-79(21-8-1)83-34-42-91(43-35-83)95-58-70-111-107(74-95)108-75-96(92-44-36-84(37-45-92)80-22-9-2-10-23-80)59-71-112(108)117(111)103-66-54-89(55-67-103)87-50-62-101(63-51-87)115(99-28-15-5-16-29-99)105-32-19-33-106(78-105)116(100-30-17-6-18-31-100)102-64-52-88(53-65-102)90-56-68-104(69-57-90)118-113-72-60-97(93-46-38-85(39-47-93)81-24-11-3-12-25-81)76-109(113)110-77-98(61-73-114(110)118)94-48-40-86(41-49-94)82-26-13-4-14-27-82/h1-78H. The fraction of sp³-hybridized carbons (Fsp3) is 0. The molecule has 2 heterocycles. The van der Waals surface area contributed by atoms with E-state index in [1.165, 1.54) is 111 Å². The van der Waals surface area contributed by atoms with Crippen molar-refractivity contribution in [2.75, 3.05) is 9.80 Å². The summed E-state index contributed by atoms with van der Waals surface area (Å²) in [4.78, 5) is 4.72. The highest BCUT2D eigenvalue weighted by molar-refractivity contribution is 6.13. The molecule has 4 heteroatoms. The van der Waals surface area contributed by atoms with Crippen LogP contribution in [0.5, 0.6) is 0 Å². The molecule has 0 aliphatic rings. The Morgan fingerprint density at radius 1 is 0.119 bits per heavy atom. The second-order valence-corrected chi connectivity index (χ2v) is 30.4. The van der Waals surface area contributed by atoms with Crippen LogP contribution in [0.3, 0.4) is 0 Å². The molecule has 554 valence electrons. The second kappa shape index (κ2) is 30.7. The van der Waals surface area contributed by atoms with Gasteiger partial charge in [-0.15, -0.1) is 0 Å². The van der Waals surface area contributed by atoms with Gasteiger partial charge in [-0.05, 0) is 251 Å². The van der Waals surface area contributed by atoms with Crippen LogP contribution in [0, 0.1) is 0 Å². The Kier molecular flexibility index (Phi) is 18.3. The molecule has 0 spiro atoms. The third-order valence-corrected chi connectivity index (χ3v) is 23.4. The molecular weight excluding hydrogens is 1430 g/mol. The summed E-state index contributed by atoms with van der Waals surface area (Å²) in [7, 11) is 0. The number of para-hydroxylation sites is 2. The minimum Gasteiger partial charge on any atom is -0.310 e. The molecule has 0 saturated carbocycles. The molecular formula is C114H78N4. The van der Waals surface area contributed by atoms with E-state index in [4.69, 9.17) is 0 Å². The number of benzene rings is 19. The normalized spacial score (nSPS) is 11.4. The van der Waals surface area contributed by atoms with Crippen molar-refractivity contribution in [3.63, 3.8) is 0 Å². The molecule has 4 nitrogen and oxygen atoms in total. The van der Waals surface area contributed by atoms with Crippen molar-refractivity contribution in [3.8, 4) is 123 Å². The van der Waals surface area contributed by atoms with E-state index >= 15 is 0 Å². The number of fused-ring (bicyclic) bond motifs is 6. The third kappa shape index (κ3) is 13.6. The van der Waals surface area contributed by atoms with Gasteiger partial charge in [0.1, 0.15) is 0 Å². The number of hydrogen-bond acceptors (Lipinski definition) is 2. The first-order chi connectivity index (χ1) is 58.5. The van der Waals surface area contributed by atoms with Crippen molar-refractivity contribution in [1.82, 2.24) is 9.13 Å². The van der Waals surface area contributed by atoms with Crippen LogP contribution < -0.4 is 9.80 Å². The first kappa shape index (κ1) is 70.3. The minimum atomic E-state index is 1.04. The van der Waals surface area contributed by atoms with Gasteiger partial charge in [0.15, 0.2) is 0 Å². The summed E-state index contributed by atoms with van der Waals surface area (Å²) in [5, 5.41) is 4.84. The van der Waals surface area contributed by atoms with Crippen molar-refractivity contribution < 1.29 is 0 Å². The Balaban J connectivity index is 0.569. The van der Waals surface area contributed by atoms with Gasteiger partial charge in [-0.1, -0.05) is 334 Å². The minimum absolute atomic E-state index is 1.04. The second-order valence-electron chi connectivity index (χ2n) is 30.4. The van der Waals surface area contributed by atoms with Crippen LogP contribution in [-0.4, -0.2) is 9.13 Å². The maximum Gasteiger partial charge on any atom is 0.0541 e. The lowest BCUT2D eigenvalue weighted by Crippen LogP contribution is -2.13. The molecule has 21 rings (SSSR count). The summed E-state index contributed by atoms with van der Waals surface area (Å²) in [6, 6.07) is 173. The summed E-state index contributed by atoms with van der Waals surface area (Å²) >= 11 is 0. The van der Waals surface area contributed by atoms with Crippen LogP contribution in [0.15, 0.2) is 473 Å². The van der Waals surface area contributed by atoms with Gasteiger partial charge in [-0.2, -0.15) is 0 Å². The molecule has 0 radical (unpaired) electrons. The summed E-state index contributed by atoms with van der Waals surface area (Å²) in [5.41, 5.74) is 36.9. The third-order valence-electron chi connectivity index (χ3n) is 23.4. The smallest absolute Gasteiger partial charge is 0.0541 e. The molecule has 0 unspecified atom stereocenters. The predicted octanol–water partition coefficient (Wildman–Crippen LogP) is 31.5. The van der Waals surface area contributed by atoms with Crippen molar-refractivity contribution in [2.24, 2.45) is 0 Å². The monoisotopic (exact) mass is 1500 g/mol. The van der Waals surface area contributed by atoms with Gasteiger partial charge in [0.2, 0.25) is 0 Å². The van der Waals surface area contributed by atoms with Gasteiger partial charge in [-0.3, -0.25) is 0 Å². The van der Waals surface area contributed by atoms with E-state index in [2.05, 4.69) is 492 Å². The Morgan fingerprint density at radius 3 is 0.525 bits per heavy atom. The van der Waals surface area contributed by atoms with Gasteiger partial charge < -0.3 is 18.9 Å². The molecule has 0 bridgehead atoms. The Hall–Kier alpha value is -15.6. The highest BCUT2D eigenvalue weighted by Crippen LogP contribution is 2.45. The number of rotatable bonds is 18. The van der Waals surface area contributed by atoms with E-state index in [9.17, 15) is 0 Å². The van der Waals surface area contributed by atoms with Gasteiger partial charge in [-0.25, -0.2) is 0 Å². The van der Waals surface area contributed by atoms with E-state index in [1.807, 2.05) is 0 Å². The van der Waals surface area contributed by atoms with E-state index in [0.717, 1.165) is 89.8 Å². The lowest BCUT2D eigenvalue weighted by atomic mass is 9.97. The Morgan fingerprint density at radius 2 is 0.288 bits per heavy atom. The highest BCUT2D eigenvalue weighted by atomic mass is 15.2. The topological polar surface area (TPSA) is 16.3 Å².